The Labute approximate surface area is 125 Å². The van der Waals surface area contributed by atoms with Gasteiger partial charge in [0, 0.05) is 23.2 Å². The maximum Gasteiger partial charge on any atom is 0.270 e. The summed E-state index contributed by atoms with van der Waals surface area (Å²) in [7, 11) is 0. The van der Waals surface area contributed by atoms with Crippen molar-refractivity contribution < 1.29 is 4.79 Å². The van der Waals surface area contributed by atoms with Crippen molar-refractivity contribution in [3.05, 3.63) is 36.0 Å². The minimum atomic E-state index is -0.0831. The van der Waals surface area contributed by atoms with Crippen molar-refractivity contribution in [3.63, 3.8) is 0 Å². The van der Waals surface area contributed by atoms with Crippen LogP contribution in [-0.4, -0.2) is 23.0 Å². The molecule has 110 valence electrons. The number of nitrogens with zero attached hydrogens (tertiary/aromatic N) is 1. The minimum absolute atomic E-state index is 0.0264. The van der Waals surface area contributed by atoms with Gasteiger partial charge in [0.25, 0.3) is 5.91 Å². The molecule has 3 rings (SSSR count). The van der Waals surface area contributed by atoms with Crippen molar-refractivity contribution in [3.8, 4) is 0 Å². The summed E-state index contributed by atoms with van der Waals surface area (Å²) in [5, 5.41) is 7.51. The van der Waals surface area contributed by atoms with Crippen molar-refractivity contribution in [1.29, 1.82) is 0 Å². The number of carbonyl (C=O) groups excluding carboxylic acids is 1. The van der Waals surface area contributed by atoms with E-state index in [1.807, 2.05) is 30.3 Å². The molecule has 1 aliphatic rings. The number of fused-ring (bicyclic) bond motifs is 1. The number of benzene rings is 1. The second-order valence-electron chi connectivity index (χ2n) is 6.01. The van der Waals surface area contributed by atoms with E-state index in [2.05, 4.69) is 29.5 Å². The lowest BCUT2D eigenvalue weighted by Gasteiger charge is -2.14. The van der Waals surface area contributed by atoms with Gasteiger partial charge in [-0.25, -0.2) is 4.98 Å². The Kier molecular flexibility index (Phi) is 3.53. The molecule has 0 bridgehead atoms. The molecule has 4 nitrogen and oxygen atoms in total. The van der Waals surface area contributed by atoms with Gasteiger partial charge >= 0.3 is 0 Å². The zero-order chi connectivity index (χ0) is 14.9. The Morgan fingerprint density at radius 3 is 2.81 bits per heavy atom. The Balaban J connectivity index is 1.96. The molecule has 1 heterocycles. The second kappa shape index (κ2) is 5.35. The summed E-state index contributed by atoms with van der Waals surface area (Å²) in [5.41, 5.74) is 2.29. The van der Waals surface area contributed by atoms with Crippen LogP contribution in [0.1, 0.15) is 43.6 Å². The largest absolute Gasteiger partial charge is 0.384 e. The van der Waals surface area contributed by atoms with Gasteiger partial charge in [0.2, 0.25) is 0 Å². The van der Waals surface area contributed by atoms with Gasteiger partial charge in [-0.1, -0.05) is 25.1 Å². The average molecular weight is 283 g/mol. The van der Waals surface area contributed by atoms with E-state index in [9.17, 15) is 4.79 Å². The first-order valence-electron chi connectivity index (χ1n) is 7.57. The Morgan fingerprint density at radius 2 is 2.10 bits per heavy atom. The summed E-state index contributed by atoms with van der Waals surface area (Å²) in [4.78, 5) is 16.9. The third-order valence-electron chi connectivity index (χ3n) is 3.93. The molecular formula is C17H21N3O. The maximum atomic E-state index is 12.4. The highest BCUT2D eigenvalue weighted by Crippen LogP contribution is 2.34. The lowest BCUT2D eigenvalue weighted by Crippen LogP contribution is -2.34. The van der Waals surface area contributed by atoms with Crippen LogP contribution in [0.4, 0.5) is 5.69 Å². The fourth-order valence-corrected chi connectivity index (χ4v) is 2.35. The van der Waals surface area contributed by atoms with Crippen molar-refractivity contribution in [1.82, 2.24) is 10.3 Å². The molecule has 0 atom stereocenters. The molecule has 1 aliphatic carbocycles. The lowest BCUT2D eigenvalue weighted by atomic mass is 10.1. The predicted molar refractivity (Wildman–Crippen MR) is 85.6 cm³/mol. The van der Waals surface area contributed by atoms with Crippen LogP contribution >= 0.6 is 0 Å². The van der Waals surface area contributed by atoms with Gasteiger partial charge in [-0.2, -0.15) is 0 Å². The van der Waals surface area contributed by atoms with E-state index in [0.717, 1.165) is 42.4 Å². The minimum Gasteiger partial charge on any atom is -0.384 e. The molecule has 1 fully saturated rings. The fourth-order valence-electron chi connectivity index (χ4n) is 2.35. The van der Waals surface area contributed by atoms with Gasteiger partial charge in [0.1, 0.15) is 5.69 Å². The van der Waals surface area contributed by atoms with Gasteiger partial charge < -0.3 is 10.6 Å². The first-order chi connectivity index (χ1) is 10.1. The third-order valence-corrected chi connectivity index (χ3v) is 3.93. The van der Waals surface area contributed by atoms with Crippen LogP contribution < -0.4 is 10.6 Å². The van der Waals surface area contributed by atoms with Crippen LogP contribution in [0.5, 0.6) is 0 Å². The molecule has 2 aromatic rings. The van der Waals surface area contributed by atoms with Crippen molar-refractivity contribution in [2.45, 2.75) is 38.6 Å². The molecule has 1 saturated carbocycles. The zero-order valence-corrected chi connectivity index (χ0v) is 12.6. The molecule has 0 unspecified atom stereocenters. The van der Waals surface area contributed by atoms with Crippen LogP contribution in [0.3, 0.4) is 0 Å². The zero-order valence-electron chi connectivity index (χ0n) is 12.6. The van der Waals surface area contributed by atoms with Crippen molar-refractivity contribution in [2.75, 3.05) is 11.9 Å². The first kappa shape index (κ1) is 13.9. The quantitative estimate of drug-likeness (QED) is 0.885. The summed E-state index contributed by atoms with van der Waals surface area (Å²) in [6.45, 7) is 5.08. The summed E-state index contributed by atoms with van der Waals surface area (Å²) in [6, 6.07) is 9.78. The van der Waals surface area contributed by atoms with Crippen molar-refractivity contribution in [2.24, 2.45) is 0 Å². The van der Waals surface area contributed by atoms with Crippen LogP contribution in [0.2, 0.25) is 0 Å². The highest BCUT2D eigenvalue weighted by atomic mass is 16.2. The number of pyridine rings is 1. The molecule has 4 heteroatoms. The van der Waals surface area contributed by atoms with Gasteiger partial charge in [-0.05, 0) is 38.3 Å². The summed E-state index contributed by atoms with van der Waals surface area (Å²) < 4.78 is 0. The molecule has 0 aliphatic heterocycles. The van der Waals surface area contributed by atoms with Crippen LogP contribution in [0.25, 0.3) is 10.9 Å². The Bertz CT molecular complexity index is 677. The average Bonchev–Trinajstić information content (AvgIpc) is 3.21. The number of nitrogens with one attached hydrogen (secondary N) is 2. The van der Waals surface area contributed by atoms with Gasteiger partial charge in [0.05, 0.1) is 5.52 Å². The summed E-state index contributed by atoms with van der Waals surface area (Å²) in [5.74, 6) is -0.0831. The second-order valence-corrected chi connectivity index (χ2v) is 6.01. The van der Waals surface area contributed by atoms with Crippen molar-refractivity contribution >= 4 is 22.5 Å². The van der Waals surface area contributed by atoms with E-state index < -0.39 is 0 Å². The number of hydrogen-bond acceptors (Lipinski definition) is 3. The number of hydrogen-bond donors (Lipinski definition) is 2. The standard InChI is InChI=1S/C17H21N3O/c1-3-10-18-14-11-15(16(21)20-17(2)8-9-17)19-13-7-5-4-6-12(13)14/h4-7,11H,3,8-10H2,1-2H3,(H,18,19)(H,20,21). The van der Waals surface area contributed by atoms with E-state index in [0.29, 0.717) is 5.69 Å². The molecule has 0 saturated heterocycles. The number of para-hydroxylation sites is 1. The molecule has 0 spiro atoms. The monoisotopic (exact) mass is 283 g/mol. The molecule has 21 heavy (non-hydrogen) atoms. The number of rotatable bonds is 5. The first-order valence-corrected chi connectivity index (χ1v) is 7.57. The highest BCUT2D eigenvalue weighted by molar-refractivity contribution is 6.00. The number of anilines is 1. The summed E-state index contributed by atoms with van der Waals surface area (Å²) >= 11 is 0. The Hall–Kier alpha value is -2.10. The molecule has 1 amide bonds. The smallest absolute Gasteiger partial charge is 0.270 e. The molecule has 1 aromatic heterocycles. The molecule has 0 radical (unpaired) electrons. The highest BCUT2D eigenvalue weighted by Gasteiger charge is 2.39. The van der Waals surface area contributed by atoms with E-state index in [-0.39, 0.29) is 11.4 Å². The van der Waals surface area contributed by atoms with E-state index in [4.69, 9.17) is 0 Å². The van der Waals surface area contributed by atoms with Gasteiger partial charge in [-0.15, -0.1) is 0 Å². The fraction of sp³-hybridized carbons (Fsp3) is 0.412. The van der Waals surface area contributed by atoms with E-state index in [1.54, 1.807) is 0 Å². The Morgan fingerprint density at radius 1 is 1.33 bits per heavy atom. The van der Waals surface area contributed by atoms with E-state index >= 15 is 0 Å². The lowest BCUT2D eigenvalue weighted by molar-refractivity contribution is 0.0931. The van der Waals surface area contributed by atoms with Gasteiger partial charge in [-0.3, -0.25) is 4.79 Å². The predicted octanol–water partition coefficient (Wildman–Crippen LogP) is 3.34. The van der Waals surface area contributed by atoms with Crippen LogP contribution in [0.15, 0.2) is 30.3 Å². The molecular weight excluding hydrogens is 262 g/mol. The molecule has 1 aromatic carbocycles. The normalized spacial score (nSPS) is 15.7. The van der Waals surface area contributed by atoms with E-state index in [1.165, 1.54) is 0 Å². The van der Waals surface area contributed by atoms with Gasteiger partial charge in [0.15, 0.2) is 0 Å². The number of amides is 1. The summed E-state index contributed by atoms with van der Waals surface area (Å²) in [6.07, 6.45) is 3.14. The number of aromatic nitrogens is 1. The van der Waals surface area contributed by atoms with Crippen LogP contribution in [-0.2, 0) is 0 Å². The maximum absolute atomic E-state index is 12.4. The third kappa shape index (κ3) is 2.99. The molecule has 2 N–H and O–H groups in total. The SMILES string of the molecule is CCCNc1cc(C(=O)NC2(C)CC2)nc2ccccc12. The topological polar surface area (TPSA) is 54.0 Å². The van der Waals surface area contributed by atoms with Crippen LogP contribution in [0, 0.1) is 0 Å². The number of carbonyl (C=O) groups is 1.